The third kappa shape index (κ3) is 3.50. The maximum absolute atomic E-state index is 6.10. The zero-order chi connectivity index (χ0) is 22.4. The highest BCUT2D eigenvalue weighted by Crippen LogP contribution is 2.42. The van der Waals surface area contributed by atoms with E-state index in [0.717, 1.165) is 39.2 Å². The van der Waals surface area contributed by atoms with Gasteiger partial charge in [-0.05, 0) is 47.9 Å². The van der Waals surface area contributed by atoms with Gasteiger partial charge in [0.05, 0.1) is 5.69 Å². The number of hydrogen-bond donors (Lipinski definition) is 0. The molecule has 0 amide bonds. The summed E-state index contributed by atoms with van der Waals surface area (Å²) >= 11 is 0. The van der Waals surface area contributed by atoms with Gasteiger partial charge in [0, 0.05) is 46.9 Å². The van der Waals surface area contributed by atoms with Gasteiger partial charge >= 0.3 is 0 Å². The molecule has 0 radical (unpaired) electrons. The highest BCUT2D eigenvalue weighted by Gasteiger charge is 2.33. The predicted molar refractivity (Wildman–Crippen MR) is 131 cm³/mol. The quantitative estimate of drug-likeness (QED) is 0.293. The molecule has 0 saturated heterocycles. The molecule has 0 unspecified atom stereocenters. The summed E-state index contributed by atoms with van der Waals surface area (Å²) in [6, 6.07) is 19.0. The van der Waals surface area contributed by atoms with Crippen molar-refractivity contribution < 1.29 is 8.98 Å². The largest absolute Gasteiger partial charge is 0.431 e. The topological polar surface area (TPSA) is 42.8 Å². The van der Waals surface area contributed by atoms with Gasteiger partial charge in [-0.2, -0.15) is 4.57 Å². The molecule has 4 heterocycles. The fourth-order valence-electron chi connectivity index (χ4n) is 5.38. The van der Waals surface area contributed by atoms with Crippen molar-refractivity contribution in [2.75, 3.05) is 0 Å². The minimum atomic E-state index is 0.152. The van der Waals surface area contributed by atoms with Gasteiger partial charge in [-0.3, -0.25) is 4.98 Å². The molecule has 0 N–H and O–H groups in total. The van der Waals surface area contributed by atoms with E-state index < -0.39 is 0 Å². The molecule has 4 aromatic heterocycles. The molecule has 1 aliphatic carbocycles. The molecule has 1 saturated carbocycles. The molecule has 4 heteroatoms. The van der Waals surface area contributed by atoms with Crippen molar-refractivity contribution in [1.29, 1.82) is 0 Å². The van der Waals surface area contributed by atoms with E-state index in [-0.39, 0.29) is 5.41 Å². The summed E-state index contributed by atoms with van der Waals surface area (Å²) in [5.74, 6) is 0.738. The maximum Gasteiger partial charge on any atom is 0.227 e. The van der Waals surface area contributed by atoms with E-state index in [9.17, 15) is 0 Å². The van der Waals surface area contributed by atoms with Gasteiger partial charge in [-0.25, -0.2) is 4.98 Å². The molecule has 1 fully saturated rings. The van der Waals surface area contributed by atoms with E-state index in [1.807, 2.05) is 36.8 Å². The number of para-hydroxylation sites is 1. The second-order valence-corrected chi connectivity index (χ2v) is 9.78. The number of nitrogens with zero attached hydrogens (tertiary/aromatic N) is 3. The van der Waals surface area contributed by atoms with E-state index in [1.54, 1.807) is 0 Å². The van der Waals surface area contributed by atoms with Crippen LogP contribution in [0.15, 0.2) is 83.8 Å². The summed E-state index contributed by atoms with van der Waals surface area (Å²) in [5.41, 5.74) is 6.08. The normalized spacial score (nSPS) is 15.0. The highest BCUT2D eigenvalue weighted by atomic mass is 16.3. The fourth-order valence-corrected chi connectivity index (χ4v) is 5.38. The fraction of sp³-hybridized carbons (Fsp3) is 0.276. The van der Waals surface area contributed by atoms with Crippen LogP contribution in [0.5, 0.6) is 0 Å². The number of fused-ring (bicyclic) bond motifs is 3. The summed E-state index contributed by atoms with van der Waals surface area (Å²) in [6.45, 7) is 4.77. The van der Waals surface area contributed by atoms with Crippen molar-refractivity contribution in [3.63, 3.8) is 0 Å². The second-order valence-electron chi connectivity index (χ2n) is 9.78. The van der Waals surface area contributed by atoms with Gasteiger partial charge in [0.2, 0.25) is 23.2 Å². The van der Waals surface area contributed by atoms with Crippen LogP contribution in [0.2, 0.25) is 0 Å². The second kappa shape index (κ2) is 7.80. The van der Waals surface area contributed by atoms with Gasteiger partial charge in [-0.15, -0.1) is 0 Å². The van der Waals surface area contributed by atoms with Crippen molar-refractivity contribution in [1.82, 2.24) is 9.97 Å². The Morgan fingerprint density at radius 2 is 1.76 bits per heavy atom. The number of benzene rings is 1. The Balaban J connectivity index is 1.40. The van der Waals surface area contributed by atoms with E-state index in [0.29, 0.717) is 5.71 Å². The Hall–Kier alpha value is -3.53. The smallest absolute Gasteiger partial charge is 0.227 e. The standard InChI is InChI=1S/C29H28N3O/c1-29(2,21-8-6-7-9-21)22-12-14-30-26(17-22)20-16-25-24-13-15-32(23-10-4-3-5-11-23)19-27(24)33-28(25)31-18-20/h3-5,10-19,21H,6-9H2,1-2H3/q+1. The third-order valence-electron chi connectivity index (χ3n) is 7.50. The molecular formula is C29H28N3O+. The van der Waals surface area contributed by atoms with Crippen LogP contribution in [0.4, 0.5) is 0 Å². The van der Waals surface area contributed by atoms with Gasteiger partial charge in [-0.1, -0.05) is 44.9 Å². The Morgan fingerprint density at radius 3 is 2.58 bits per heavy atom. The maximum atomic E-state index is 6.10. The molecular weight excluding hydrogens is 406 g/mol. The van der Waals surface area contributed by atoms with Crippen LogP contribution in [0.3, 0.4) is 0 Å². The van der Waals surface area contributed by atoms with Crippen LogP contribution in [-0.2, 0) is 5.41 Å². The Labute approximate surface area is 193 Å². The molecule has 0 aliphatic heterocycles. The van der Waals surface area contributed by atoms with Gasteiger partial charge < -0.3 is 4.42 Å². The van der Waals surface area contributed by atoms with Gasteiger partial charge in [0.25, 0.3) is 0 Å². The molecule has 4 nitrogen and oxygen atoms in total. The SMILES string of the molecule is CC(C)(c1ccnc(-c2cnc3oc4c[n+](-c5ccccc5)ccc4c3c2)c1)C1CCCC1. The Morgan fingerprint density at radius 1 is 0.939 bits per heavy atom. The highest BCUT2D eigenvalue weighted by molar-refractivity contribution is 6.04. The van der Waals surface area contributed by atoms with E-state index in [2.05, 4.69) is 66.0 Å². The summed E-state index contributed by atoms with van der Waals surface area (Å²) < 4.78 is 8.17. The lowest BCUT2D eigenvalue weighted by atomic mass is 9.72. The molecule has 5 aromatic rings. The van der Waals surface area contributed by atoms with E-state index in [4.69, 9.17) is 9.40 Å². The lowest BCUT2D eigenvalue weighted by molar-refractivity contribution is -0.594. The van der Waals surface area contributed by atoms with Gasteiger partial charge in [0.1, 0.15) is 0 Å². The average Bonchev–Trinajstić information content (AvgIpc) is 3.53. The number of hydrogen-bond acceptors (Lipinski definition) is 3. The van der Waals surface area contributed by atoms with Gasteiger partial charge in [0.15, 0.2) is 6.20 Å². The minimum absolute atomic E-state index is 0.152. The molecule has 1 aliphatic rings. The van der Waals surface area contributed by atoms with Crippen molar-refractivity contribution in [3.05, 3.63) is 84.9 Å². The Bertz CT molecular complexity index is 1450. The van der Waals surface area contributed by atoms with Crippen molar-refractivity contribution in [2.24, 2.45) is 5.92 Å². The number of rotatable bonds is 4. The van der Waals surface area contributed by atoms with Crippen LogP contribution >= 0.6 is 0 Å². The lowest BCUT2D eigenvalue weighted by Gasteiger charge is -2.32. The summed E-state index contributed by atoms with van der Waals surface area (Å²) in [4.78, 5) is 9.35. The van der Waals surface area contributed by atoms with Crippen molar-refractivity contribution in [3.8, 4) is 16.9 Å². The van der Waals surface area contributed by atoms with E-state index >= 15 is 0 Å². The summed E-state index contributed by atoms with van der Waals surface area (Å²) in [5, 5.41) is 2.08. The lowest BCUT2D eigenvalue weighted by Crippen LogP contribution is -2.28. The first-order chi connectivity index (χ1) is 16.1. The van der Waals surface area contributed by atoms with Crippen LogP contribution in [0.1, 0.15) is 45.1 Å². The third-order valence-corrected chi connectivity index (χ3v) is 7.50. The van der Waals surface area contributed by atoms with Crippen LogP contribution in [0, 0.1) is 5.92 Å². The molecule has 33 heavy (non-hydrogen) atoms. The Kier molecular flexibility index (Phi) is 4.75. The number of furan rings is 1. The first-order valence-electron chi connectivity index (χ1n) is 11.9. The van der Waals surface area contributed by atoms with Crippen molar-refractivity contribution in [2.45, 2.75) is 44.9 Å². The van der Waals surface area contributed by atoms with Crippen LogP contribution < -0.4 is 4.57 Å². The summed E-state index contributed by atoms with van der Waals surface area (Å²) in [6.07, 6.45) is 13.3. The molecule has 0 bridgehead atoms. The van der Waals surface area contributed by atoms with Crippen LogP contribution in [0.25, 0.3) is 39.0 Å². The predicted octanol–water partition coefficient (Wildman–Crippen LogP) is 6.79. The van der Waals surface area contributed by atoms with Crippen LogP contribution in [-0.4, -0.2) is 9.97 Å². The zero-order valence-electron chi connectivity index (χ0n) is 19.2. The number of pyridine rings is 3. The van der Waals surface area contributed by atoms with E-state index in [1.165, 1.54) is 31.2 Å². The first-order valence-corrected chi connectivity index (χ1v) is 11.9. The molecule has 6 rings (SSSR count). The average molecular weight is 435 g/mol. The molecule has 164 valence electrons. The number of aromatic nitrogens is 3. The molecule has 1 aromatic carbocycles. The van der Waals surface area contributed by atoms with Crippen molar-refractivity contribution >= 4 is 22.1 Å². The minimum Gasteiger partial charge on any atom is -0.431 e. The zero-order valence-corrected chi connectivity index (χ0v) is 19.2. The monoisotopic (exact) mass is 434 g/mol. The molecule has 0 atom stereocenters. The molecule has 0 spiro atoms. The summed E-state index contributed by atoms with van der Waals surface area (Å²) in [7, 11) is 0. The first kappa shape index (κ1) is 20.1.